The van der Waals surface area contributed by atoms with Crippen molar-refractivity contribution in [3.63, 3.8) is 0 Å². The highest BCUT2D eigenvalue weighted by atomic mass is 35.5. The first-order chi connectivity index (χ1) is 7.43. The molecule has 2 heterocycles. The summed E-state index contributed by atoms with van der Waals surface area (Å²) in [5.41, 5.74) is 7.08. The predicted octanol–water partition coefficient (Wildman–Crippen LogP) is 3.13. The van der Waals surface area contributed by atoms with E-state index in [9.17, 15) is 0 Å². The number of nitrogens with zero attached hydrogens (tertiary/aromatic N) is 2. The Hall–Kier alpha value is -0.350. The van der Waals surface area contributed by atoms with Crippen molar-refractivity contribution in [3.8, 4) is 0 Å². The second kappa shape index (κ2) is 4.15. The number of halogens is 1. The van der Waals surface area contributed by atoms with Crippen LogP contribution in [0.1, 0.15) is 32.0 Å². The Morgan fingerprint density at radius 3 is 2.75 bits per heavy atom. The van der Waals surface area contributed by atoms with Gasteiger partial charge in [-0.15, -0.1) is 0 Å². The number of hydrogen-bond donors (Lipinski definition) is 1. The van der Waals surface area contributed by atoms with Gasteiger partial charge in [-0.25, -0.2) is 4.68 Å². The van der Waals surface area contributed by atoms with Gasteiger partial charge in [0, 0.05) is 5.75 Å². The van der Waals surface area contributed by atoms with Gasteiger partial charge in [0.2, 0.25) is 0 Å². The van der Waals surface area contributed by atoms with Gasteiger partial charge in [-0.2, -0.15) is 16.9 Å². The van der Waals surface area contributed by atoms with Crippen LogP contribution in [0.3, 0.4) is 0 Å². The molecule has 90 valence electrons. The second-order valence-electron chi connectivity index (χ2n) is 5.06. The van der Waals surface area contributed by atoms with Crippen molar-refractivity contribution < 1.29 is 0 Å². The minimum atomic E-state index is 0.237. The average molecular weight is 260 g/mol. The number of anilines is 1. The topological polar surface area (TPSA) is 43.8 Å². The van der Waals surface area contributed by atoms with Crippen molar-refractivity contribution in [3.05, 3.63) is 10.7 Å². The van der Waals surface area contributed by atoms with Crippen molar-refractivity contribution in [2.24, 2.45) is 5.41 Å². The molecule has 1 atom stereocenters. The molecule has 2 N–H and O–H groups in total. The van der Waals surface area contributed by atoms with E-state index in [4.69, 9.17) is 17.3 Å². The standard InChI is InChI=1S/C11H18ClN3S/c1-7-9(12)10(13)15(14-7)8-6-16-5-4-11(8,2)3/h8H,4-6,13H2,1-3H3. The summed E-state index contributed by atoms with van der Waals surface area (Å²) >= 11 is 8.06. The maximum absolute atomic E-state index is 6.10. The summed E-state index contributed by atoms with van der Waals surface area (Å²) in [6, 6.07) is 0.345. The lowest BCUT2D eigenvalue weighted by atomic mass is 9.82. The molecule has 0 aromatic carbocycles. The molecule has 1 aliphatic rings. The van der Waals surface area contributed by atoms with Crippen LogP contribution in [0.5, 0.6) is 0 Å². The summed E-state index contributed by atoms with van der Waals surface area (Å²) in [4.78, 5) is 0. The molecule has 0 spiro atoms. The molecule has 1 unspecified atom stereocenters. The fourth-order valence-electron chi connectivity index (χ4n) is 2.11. The molecular weight excluding hydrogens is 242 g/mol. The average Bonchev–Trinajstić information content (AvgIpc) is 2.46. The molecule has 0 amide bonds. The van der Waals surface area contributed by atoms with Crippen molar-refractivity contribution in [2.45, 2.75) is 33.2 Å². The van der Waals surface area contributed by atoms with Crippen LogP contribution in [-0.4, -0.2) is 21.3 Å². The first kappa shape index (κ1) is 12.1. The first-order valence-corrected chi connectivity index (χ1v) is 7.04. The Bertz CT molecular complexity index is 400. The summed E-state index contributed by atoms with van der Waals surface area (Å²) in [5.74, 6) is 2.89. The molecule has 5 heteroatoms. The third-order valence-corrected chi connectivity index (χ3v) is 4.92. The number of nitrogens with two attached hydrogens (primary N) is 1. The van der Waals surface area contributed by atoms with Crippen molar-refractivity contribution >= 4 is 29.2 Å². The molecule has 1 aromatic rings. The van der Waals surface area contributed by atoms with Gasteiger partial charge >= 0.3 is 0 Å². The van der Waals surface area contributed by atoms with E-state index < -0.39 is 0 Å². The van der Waals surface area contributed by atoms with Gasteiger partial charge in [-0.05, 0) is 24.5 Å². The molecule has 0 radical (unpaired) electrons. The SMILES string of the molecule is Cc1nn(C2CSCCC2(C)C)c(N)c1Cl. The largest absolute Gasteiger partial charge is 0.383 e. The van der Waals surface area contributed by atoms with E-state index >= 15 is 0 Å². The van der Waals surface area contributed by atoms with Crippen LogP contribution in [0.4, 0.5) is 5.82 Å². The van der Waals surface area contributed by atoms with Crippen LogP contribution < -0.4 is 5.73 Å². The lowest BCUT2D eigenvalue weighted by molar-refractivity contribution is 0.211. The highest BCUT2D eigenvalue weighted by Crippen LogP contribution is 2.43. The maximum Gasteiger partial charge on any atom is 0.141 e. The summed E-state index contributed by atoms with van der Waals surface area (Å²) in [5, 5.41) is 5.08. The molecule has 0 bridgehead atoms. The third kappa shape index (κ3) is 1.93. The highest BCUT2D eigenvalue weighted by Gasteiger charge is 2.36. The van der Waals surface area contributed by atoms with Gasteiger partial charge < -0.3 is 5.73 Å². The molecule has 1 aromatic heterocycles. The van der Waals surface area contributed by atoms with Gasteiger partial charge in [0.1, 0.15) is 10.8 Å². The number of aromatic nitrogens is 2. The zero-order valence-electron chi connectivity index (χ0n) is 9.96. The van der Waals surface area contributed by atoms with E-state index in [1.165, 1.54) is 12.2 Å². The number of rotatable bonds is 1. The Labute approximate surface area is 106 Å². The molecule has 1 fully saturated rings. The van der Waals surface area contributed by atoms with Crippen LogP contribution in [0, 0.1) is 12.3 Å². The van der Waals surface area contributed by atoms with Crippen LogP contribution in [-0.2, 0) is 0 Å². The fraction of sp³-hybridized carbons (Fsp3) is 0.727. The lowest BCUT2D eigenvalue weighted by Crippen LogP contribution is -2.34. The van der Waals surface area contributed by atoms with Crippen LogP contribution in [0.25, 0.3) is 0 Å². The number of thioether (sulfide) groups is 1. The van der Waals surface area contributed by atoms with Gasteiger partial charge in [0.05, 0.1) is 11.7 Å². The molecule has 1 aliphatic heterocycles. The van der Waals surface area contributed by atoms with Crippen molar-refractivity contribution in [1.82, 2.24) is 9.78 Å². The van der Waals surface area contributed by atoms with Gasteiger partial charge in [-0.3, -0.25) is 0 Å². The Balaban J connectivity index is 2.39. The van der Waals surface area contributed by atoms with Gasteiger partial charge in [-0.1, -0.05) is 25.4 Å². The van der Waals surface area contributed by atoms with Crippen LogP contribution in [0.2, 0.25) is 5.02 Å². The van der Waals surface area contributed by atoms with E-state index in [1.54, 1.807) is 0 Å². The molecule has 3 nitrogen and oxygen atoms in total. The van der Waals surface area contributed by atoms with E-state index in [2.05, 4.69) is 18.9 Å². The zero-order chi connectivity index (χ0) is 11.9. The molecule has 16 heavy (non-hydrogen) atoms. The molecule has 2 rings (SSSR count). The highest BCUT2D eigenvalue weighted by molar-refractivity contribution is 7.99. The minimum absolute atomic E-state index is 0.237. The maximum atomic E-state index is 6.10. The number of aryl methyl sites for hydroxylation is 1. The minimum Gasteiger partial charge on any atom is -0.383 e. The summed E-state index contributed by atoms with van der Waals surface area (Å²) < 4.78 is 1.92. The van der Waals surface area contributed by atoms with Gasteiger partial charge in [0.15, 0.2) is 0 Å². The predicted molar refractivity (Wildman–Crippen MR) is 71.1 cm³/mol. The lowest BCUT2D eigenvalue weighted by Gasteiger charge is -2.38. The molecule has 0 aliphatic carbocycles. The second-order valence-corrected chi connectivity index (χ2v) is 6.59. The Morgan fingerprint density at radius 1 is 1.56 bits per heavy atom. The summed E-state index contributed by atoms with van der Waals surface area (Å²) in [6.45, 7) is 6.46. The Morgan fingerprint density at radius 2 is 2.25 bits per heavy atom. The van der Waals surface area contributed by atoms with E-state index in [1.807, 2.05) is 23.4 Å². The summed E-state index contributed by atoms with van der Waals surface area (Å²) in [6.07, 6.45) is 1.19. The normalized spacial score (nSPS) is 24.6. The fourth-order valence-corrected chi connectivity index (χ4v) is 3.88. The Kier molecular flexibility index (Phi) is 3.14. The molecular formula is C11H18ClN3S. The monoisotopic (exact) mass is 259 g/mol. The first-order valence-electron chi connectivity index (χ1n) is 5.51. The van der Waals surface area contributed by atoms with Crippen molar-refractivity contribution in [2.75, 3.05) is 17.2 Å². The van der Waals surface area contributed by atoms with Crippen molar-refractivity contribution in [1.29, 1.82) is 0 Å². The van der Waals surface area contributed by atoms with E-state index in [0.29, 0.717) is 16.9 Å². The van der Waals surface area contributed by atoms with E-state index in [-0.39, 0.29) is 5.41 Å². The molecule has 0 saturated carbocycles. The number of hydrogen-bond acceptors (Lipinski definition) is 3. The number of nitrogen functional groups attached to an aromatic ring is 1. The third-order valence-electron chi connectivity index (χ3n) is 3.41. The van der Waals surface area contributed by atoms with E-state index in [0.717, 1.165) is 11.4 Å². The van der Waals surface area contributed by atoms with Crippen LogP contribution >= 0.6 is 23.4 Å². The van der Waals surface area contributed by atoms with Crippen LogP contribution in [0.15, 0.2) is 0 Å². The van der Waals surface area contributed by atoms with Gasteiger partial charge in [0.25, 0.3) is 0 Å². The molecule has 1 saturated heterocycles. The quantitative estimate of drug-likeness (QED) is 0.843. The summed E-state index contributed by atoms with van der Waals surface area (Å²) in [7, 11) is 0. The smallest absolute Gasteiger partial charge is 0.141 e. The zero-order valence-corrected chi connectivity index (χ0v) is 11.5.